The van der Waals surface area contributed by atoms with Crippen molar-refractivity contribution in [3.8, 4) is 11.3 Å². The molecule has 210 valence electrons. The van der Waals surface area contributed by atoms with E-state index >= 15 is 0 Å². The van der Waals surface area contributed by atoms with Crippen molar-refractivity contribution >= 4 is 17.4 Å². The number of fused-ring (bicyclic) bond motifs is 4. The van der Waals surface area contributed by atoms with Crippen LogP contribution in [0, 0.1) is 29.6 Å². The molecule has 2 heterocycles. The molecule has 0 saturated heterocycles. The van der Waals surface area contributed by atoms with Crippen LogP contribution >= 0.6 is 0 Å². The minimum Gasteiger partial charge on any atom is -0.481 e. The summed E-state index contributed by atoms with van der Waals surface area (Å²) in [6, 6.07) is 5.73. The Kier molecular flexibility index (Phi) is 6.42. The van der Waals surface area contributed by atoms with E-state index in [4.69, 9.17) is 0 Å². The standard InChI is InChI=1S/C29H27F5N4O2/c1-13-19(30)10-20(31)26-23(13)18(12-35-26)27-36-21(14-6-8-17(9-7-14)29(32,33)34)11-22(38-27)37-25-16-4-2-15(3-5-16)24(25)28(39)40/h6-13,15-16,23-25,35H,2-5H2,1H3,(H,39,40)(H,36,37,38). The molecule has 2 bridgehead atoms. The number of anilines is 1. The number of hydrogen-bond donors (Lipinski definition) is 3. The van der Waals surface area contributed by atoms with Crippen molar-refractivity contribution in [3.05, 3.63) is 71.3 Å². The van der Waals surface area contributed by atoms with E-state index < -0.39 is 47.1 Å². The van der Waals surface area contributed by atoms with Crippen LogP contribution in [0.5, 0.6) is 0 Å². The summed E-state index contributed by atoms with van der Waals surface area (Å²) in [5, 5.41) is 16.2. The molecule has 4 unspecified atom stereocenters. The van der Waals surface area contributed by atoms with Gasteiger partial charge in [-0.15, -0.1) is 0 Å². The molecular formula is C29H27F5N4O2. The number of hydrogen-bond acceptors (Lipinski definition) is 5. The van der Waals surface area contributed by atoms with E-state index in [-0.39, 0.29) is 29.4 Å². The second-order valence-electron chi connectivity index (χ2n) is 11.0. The zero-order chi connectivity index (χ0) is 28.3. The number of nitrogens with one attached hydrogen (secondary N) is 2. The van der Waals surface area contributed by atoms with Crippen LogP contribution in [0.3, 0.4) is 0 Å². The van der Waals surface area contributed by atoms with Crippen LogP contribution in [0.25, 0.3) is 16.8 Å². The van der Waals surface area contributed by atoms with Gasteiger partial charge in [0.15, 0.2) is 5.82 Å². The molecule has 7 rings (SSSR count). The Morgan fingerprint density at radius 2 is 1.73 bits per heavy atom. The maximum atomic E-state index is 14.6. The number of carbonyl (C=O) groups is 1. The molecule has 0 radical (unpaired) electrons. The minimum absolute atomic E-state index is 0.0472. The van der Waals surface area contributed by atoms with E-state index in [0.717, 1.165) is 43.9 Å². The summed E-state index contributed by atoms with van der Waals surface area (Å²) < 4.78 is 68.7. The lowest BCUT2D eigenvalue weighted by molar-refractivity contribution is -0.148. The van der Waals surface area contributed by atoms with Crippen LogP contribution in [0.1, 0.15) is 44.0 Å². The highest BCUT2D eigenvalue weighted by Gasteiger charge is 2.47. The largest absolute Gasteiger partial charge is 0.481 e. The molecule has 4 atom stereocenters. The van der Waals surface area contributed by atoms with Crippen LogP contribution in [-0.2, 0) is 11.0 Å². The van der Waals surface area contributed by atoms with Crippen molar-refractivity contribution in [3.63, 3.8) is 0 Å². The molecule has 0 spiro atoms. The molecule has 1 aromatic heterocycles. The molecule has 3 N–H and O–H groups in total. The maximum absolute atomic E-state index is 14.6. The van der Waals surface area contributed by atoms with Crippen molar-refractivity contribution in [2.75, 3.05) is 5.32 Å². The maximum Gasteiger partial charge on any atom is 0.416 e. The predicted molar refractivity (Wildman–Crippen MR) is 138 cm³/mol. The number of carboxylic acids is 1. The van der Waals surface area contributed by atoms with Gasteiger partial charge < -0.3 is 15.7 Å². The molecule has 2 aromatic rings. The van der Waals surface area contributed by atoms with Crippen molar-refractivity contribution in [1.82, 2.24) is 15.3 Å². The molecule has 3 fully saturated rings. The van der Waals surface area contributed by atoms with Gasteiger partial charge in [-0.3, -0.25) is 4.79 Å². The Morgan fingerprint density at radius 1 is 1.05 bits per heavy atom. The van der Waals surface area contributed by atoms with E-state index in [1.807, 2.05) is 0 Å². The zero-order valence-electron chi connectivity index (χ0n) is 21.5. The SMILES string of the molecule is CC1C(F)=CC(F)=C2NC=C(c3nc(NC4C5CCC(CC5)C4C(=O)O)cc(-c4ccc(C(F)(F)F)cc4)n3)C21. The number of halogens is 5. The van der Waals surface area contributed by atoms with E-state index in [2.05, 4.69) is 20.6 Å². The lowest BCUT2D eigenvalue weighted by Crippen LogP contribution is -2.51. The molecule has 6 nitrogen and oxygen atoms in total. The Labute approximate surface area is 227 Å². The normalized spacial score (nSPS) is 29.4. The van der Waals surface area contributed by atoms with Crippen LogP contribution in [0.2, 0.25) is 0 Å². The Hall–Kier alpha value is -3.76. The molecule has 1 aromatic carbocycles. The van der Waals surface area contributed by atoms with Gasteiger partial charge in [-0.2, -0.15) is 13.2 Å². The van der Waals surface area contributed by atoms with Gasteiger partial charge in [0.25, 0.3) is 0 Å². The summed E-state index contributed by atoms with van der Waals surface area (Å²) in [5.74, 6) is -3.62. The van der Waals surface area contributed by atoms with Crippen molar-refractivity contribution < 1.29 is 31.9 Å². The summed E-state index contributed by atoms with van der Waals surface area (Å²) >= 11 is 0. The van der Waals surface area contributed by atoms with Gasteiger partial charge in [0, 0.05) is 47.4 Å². The average Bonchev–Trinajstić information content (AvgIpc) is 3.38. The van der Waals surface area contributed by atoms with Gasteiger partial charge in [-0.25, -0.2) is 18.7 Å². The summed E-state index contributed by atoms with van der Waals surface area (Å²) in [7, 11) is 0. The first-order valence-corrected chi connectivity index (χ1v) is 13.3. The minimum atomic E-state index is -4.50. The number of aromatic nitrogens is 2. The van der Waals surface area contributed by atoms with E-state index in [1.54, 1.807) is 13.0 Å². The first kappa shape index (κ1) is 26.5. The number of carboxylic acid groups (broad SMARTS) is 1. The molecule has 1 aliphatic heterocycles. The average molecular weight is 559 g/mol. The van der Waals surface area contributed by atoms with E-state index in [1.165, 1.54) is 18.3 Å². The number of rotatable bonds is 5. The Bertz CT molecular complexity index is 1440. The van der Waals surface area contributed by atoms with Crippen LogP contribution in [0.15, 0.2) is 60.0 Å². The van der Waals surface area contributed by atoms with E-state index in [0.29, 0.717) is 22.6 Å². The van der Waals surface area contributed by atoms with Crippen molar-refractivity contribution in [1.29, 1.82) is 0 Å². The Balaban J connectivity index is 1.42. The number of alkyl halides is 3. The van der Waals surface area contributed by atoms with Crippen molar-refractivity contribution in [2.45, 2.75) is 44.8 Å². The first-order chi connectivity index (χ1) is 19.0. The monoisotopic (exact) mass is 558 g/mol. The Morgan fingerprint density at radius 3 is 2.38 bits per heavy atom. The molecule has 4 aliphatic carbocycles. The van der Waals surface area contributed by atoms with Gasteiger partial charge in [0.05, 0.1) is 22.9 Å². The van der Waals surface area contributed by atoms with E-state index in [9.17, 15) is 31.9 Å². The summed E-state index contributed by atoms with van der Waals surface area (Å²) in [5.41, 5.74) is 0.496. The van der Waals surface area contributed by atoms with Gasteiger partial charge in [0.2, 0.25) is 0 Å². The lowest BCUT2D eigenvalue weighted by atomic mass is 9.61. The van der Waals surface area contributed by atoms with Gasteiger partial charge >= 0.3 is 12.1 Å². The van der Waals surface area contributed by atoms with Crippen LogP contribution in [0.4, 0.5) is 27.8 Å². The number of aliphatic carboxylic acids is 1. The topological polar surface area (TPSA) is 87.1 Å². The lowest BCUT2D eigenvalue weighted by Gasteiger charge is -2.47. The fourth-order valence-corrected chi connectivity index (χ4v) is 6.73. The fraction of sp³-hybridized carbons (Fsp3) is 0.414. The fourth-order valence-electron chi connectivity index (χ4n) is 6.73. The smallest absolute Gasteiger partial charge is 0.416 e. The molecule has 3 saturated carbocycles. The molecule has 5 aliphatic rings. The number of nitrogens with zero attached hydrogens (tertiary/aromatic N) is 2. The highest BCUT2D eigenvalue weighted by Crippen LogP contribution is 2.48. The third-order valence-electron chi connectivity index (χ3n) is 8.80. The number of benzene rings is 1. The molecule has 11 heteroatoms. The highest BCUT2D eigenvalue weighted by molar-refractivity contribution is 5.75. The second kappa shape index (κ2) is 9.71. The van der Waals surface area contributed by atoms with Crippen LogP contribution < -0.4 is 10.6 Å². The molecule has 40 heavy (non-hydrogen) atoms. The van der Waals surface area contributed by atoms with Crippen molar-refractivity contribution in [2.24, 2.45) is 29.6 Å². The zero-order valence-corrected chi connectivity index (χ0v) is 21.5. The third kappa shape index (κ3) is 4.54. The van der Waals surface area contributed by atoms with Gasteiger partial charge in [-0.1, -0.05) is 19.1 Å². The molecule has 0 amide bonds. The quantitative estimate of drug-likeness (QED) is 0.354. The summed E-state index contributed by atoms with van der Waals surface area (Å²) in [6.07, 6.45) is 1.34. The predicted octanol–water partition coefficient (Wildman–Crippen LogP) is 6.71. The van der Waals surface area contributed by atoms with Gasteiger partial charge in [0.1, 0.15) is 17.5 Å². The molecular weight excluding hydrogens is 531 g/mol. The van der Waals surface area contributed by atoms with Gasteiger partial charge in [-0.05, 0) is 49.7 Å². The first-order valence-electron chi connectivity index (χ1n) is 13.3. The summed E-state index contributed by atoms with van der Waals surface area (Å²) in [4.78, 5) is 21.5. The van der Waals surface area contributed by atoms with Crippen LogP contribution in [-0.4, -0.2) is 27.1 Å². The second-order valence-corrected chi connectivity index (χ2v) is 11.0. The summed E-state index contributed by atoms with van der Waals surface area (Å²) in [6.45, 7) is 1.62. The highest BCUT2D eigenvalue weighted by atomic mass is 19.4. The third-order valence-corrected chi connectivity index (χ3v) is 8.80. The number of allylic oxidation sites excluding steroid dienone is 4.